The average Bonchev–Trinajstić information content (AvgIpc) is 3.48. The zero-order valence-electron chi connectivity index (χ0n) is 32.7. The number of nitrogens with zero attached hydrogens (tertiary/aromatic N) is 2. The maximum absolute atomic E-state index is 12.3. The first-order valence-electron chi connectivity index (χ1n) is 19.1. The lowest BCUT2D eigenvalue weighted by Gasteiger charge is -2.27. The van der Waals surface area contributed by atoms with E-state index < -0.39 is 37.0 Å². The van der Waals surface area contributed by atoms with Crippen LogP contribution in [-0.4, -0.2) is 60.4 Å². The first-order chi connectivity index (χ1) is 26.9. The van der Waals surface area contributed by atoms with Crippen molar-refractivity contribution in [2.24, 2.45) is 0 Å². The molecule has 12 heteroatoms. The van der Waals surface area contributed by atoms with Crippen LogP contribution in [0.4, 0.5) is 11.4 Å². The topological polar surface area (TPSA) is 152 Å². The van der Waals surface area contributed by atoms with E-state index in [2.05, 4.69) is 61.3 Å². The number of benzene rings is 4. The van der Waals surface area contributed by atoms with Crippen LogP contribution in [0.25, 0.3) is 21.5 Å². The maximum Gasteiger partial charge on any atom is 0.303 e. The summed E-state index contributed by atoms with van der Waals surface area (Å²) in [7, 11) is -8.83. The van der Waals surface area contributed by atoms with Gasteiger partial charge in [-0.1, -0.05) is 50.3 Å². The van der Waals surface area contributed by atoms with Gasteiger partial charge in [-0.15, -0.1) is 12.3 Å². The van der Waals surface area contributed by atoms with Gasteiger partial charge >= 0.3 is 5.97 Å². The van der Waals surface area contributed by atoms with Crippen LogP contribution in [0.1, 0.15) is 83.8 Å². The quantitative estimate of drug-likeness (QED) is 0.0351. The summed E-state index contributed by atoms with van der Waals surface area (Å²) in [5.74, 6) is 1.90. The van der Waals surface area contributed by atoms with Crippen molar-refractivity contribution in [3.05, 3.63) is 108 Å². The second-order valence-electron chi connectivity index (χ2n) is 15.7. The SMILES string of the molecule is C#CCCCCN1/C(=C/C=C/C=C/C2=[N+](CCCCCC(=O)O)c3ccc4c(S(=O)(=O)O)cccc4c3C2(C)C)C(C)(C)c2cc3ccc(S(=O)(=O)O)cc3cc21. The molecular weight excluding hydrogens is 761 g/mol. The number of hydrogen-bond donors (Lipinski definition) is 3. The van der Waals surface area contributed by atoms with E-state index in [0.717, 1.165) is 70.4 Å². The largest absolute Gasteiger partial charge is 0.481 e. The summed E-state index contributed by atoms with van der Waals surface area (Å²) in [4.78, 5) is 13.1. The minimum absolute atomic E-state index is 0.109. The number of unbranched alkanes of at least 4 members (excludes halogenated alkanes) is 4. The predicted octanol–water partition coefficient (Wildman–Crippen LogP) is 9.11. The molecular formula is C45H49N2O8S2+. The summed E-state index contributed by atoms with van der Waals surface area (Å²) in [6, 6.07) is 17.3. The number of fused-ring (bicyclic) bond motifs is 5. The lowest BCUT2D eigenvalue weighted by Crippen LogP contribution is -2.28. The van der Waals surface area contributed by atoms with Crippen molar-refractivity contribution in [3.63, 3.8) is 0 Å². The van der Waals surface area contributed by atoms with Crippen molar-refractivity contribution < 1.29 is 40.4 Å². The highest BCUT2D eigenvalue weighted by atomic mass is 32.2. The Morgan fingerprint density at radius 1 is 0.825 bits per heavy atom. The number of carbonyl (C=O) groups is 1. The van der Waals surface area contributed by atoms with E-state index in [4.69, 9.17) is 11.5 Å². The van der Waals surface area contributed by atoms with Gasteiger partial charge in [-0.25, -0.2) is 0 Å². The van der Waals surface area contributed by atoms with Crippen LogP contribution < -0.4 is 4.90 Å². The number of aliphatic carboxylic acids is 1. The number of hydrogen-bond acceptors (Lipinski definition) is 6. The van der Waals surface area contributed by atoms with Crippen molar-refractivity contribution in [3.8, 4) is 12.3 Å². The van der Waals surface area contributed by atoms with E-state index >= 15 is 0 Å². The molecule has 10 nitrogen and oxygen atoms in total. The molecule has 0 spiro atoms. The second kappa shape index (κ2) is 16.1. The minimum atomic E-state index is -4.46. The van der Waals surface area contributed by atoms with Crippen molar-refractivity contribution in [1.29, 1.82) is 0 Å². The van der Waals surface area contributed by atoms with Gasteiger partial charge < -0.3 is 10.0 Å². The Morgan fingerprint density at radius 2 is 1.60 bits per heavy atom. The minimum Gasteiger partial charge on any atom is -0.481 e. The number of anilines is 1. The molecule has 2 aliphatic rings. The molecule has 0 radical (unpaired) electrons. The predicted molar refractivity (Wildman–Crippen MR) is 226 cm³/mol. The molecule has 0 bridgehead atoms. The molecule has 2 aliphatic heterocycles. The number of terminal acetylenes is 1. The molecule has 0 aliphatic carbocycles. The first kappa shape index (κ1) is 41.6. The smallest absolute Gasteiger partial charge is 0.303 e. The van der Waals surface area contributed by atoms with Gasteiger partial charge in [0.15, 0.2) is 5.71 Å². The van der Waals surface area contributed by atoms with Gasteiger partial charge in [0.1, 0.15) is 11.4 Å². The van der Waals surface area contributed by atoms with Gasteiger partial charge in [0.2, 0.25) is 5.69 Å². The van der Waals surface area contributed by atoms with E-state index in [9.17, 15) is 30.7 Å². The Balaban J connectivity index is 1.36. The molecule has 0 aromatic heterocycles. The molecule has 4 aromatic rings. The summed E-state index contributed by atoms with van der Waals surface area (Å²) < 4.78 is 70.5. The molecule has 6 rings (SSSR count). The summed E-state index contributed by atoms with van der Waals surface area (Å²) >= 11 is 0. The third-order valence-corrected chi connectivity index (χ3v) is 13.0. The first-order valence-corrected chi connectivity index (χ1v) is 22.0. The van der Waals surface area contributed by atoms with Gasteiger partial charge in [-0.3, -0.25) is 13.9 Å². The fourth-order valence-corrected chi connectivity index (χ4v) is 9.65. The zero-order valence-corrected chi connectivity index (χ0v) is 34.3. The summed E-state index contributed by atoms with van der Waals surface area (Å²) in [5, 5.41) is 11.9. The molecule has 0 amide bonds. The highest BCUT2D eigenvalue weighted by Crippen LogP contribution is 2.50. The molecule has 2 heterocycles. The van der Waals surface area contributed by atoms with Gasteiger partial charge in [-0.2, -0.15) is 21.4 Å². The molecule has 0 fully saturated rings. The molecule has 0 unspecified atom stereocenters. The molecule has 298 valence electrons. The lowest BCUT2D eigenvalue weighted by molar-refractivity contribution is -0.438. The monoisotopic (exact) mass is 809 g/mol. The molecule has 0 atom stereocenters. The van der Waals surface area contributed by atoms with E-state index in [0.29, 0.717) is 36.7 Å². The van der Waals surface area contributed by atoms with Crippen molar-refractivity contribution in [2.45, 2.75) is 93.3 Å². The molecule has 0 saturated heterocycles. The third-order valence-electron chi connectivity index (χ3n) is 11.2. The summed E-state index contributed by atoms with van der Waals surface area (Å²) in [6.45, 7) is 9.87. The standard InChI is InChI=1S/C45H48N2O8S2/c1-6-7-8-14-27-47-38-30-32-28-33(56(50,51)52)23-22-31(32)29-36(38)44(2,3)40(47)19-11-9-12-20-41-45(4,5)43-35-17-16-18-39(57(53,54)55)34(35)24-25-37(43)46(41)26-15-10-13-21-42(48)49/h1,9,11-12,16-20,22-25,28-30H,7-8,10,13-15,21,26-27H2,2-5H3,(H2-,48,49,50,51,52,53,54,55)/p+1. The highest BCUT2D eigenvalue weighted by molar-refractivity contribution is 7.86. The third kappa shape index (κ3) is 8.34. The van der Waals surface area contributed by atoms with Gasteiger partial charge in [-0.05, 0) is 104 Å². The summed E-state index contributed by atoms with van der Waals surface area (Å²) in [6.07, 6.45) is 20.2. The van der Waals surface area contributed by atoms with Crippen LogP contribution in [0.2, 0.25) is 0 Å². The number of carboxylic acid groups (broad SMARTS) is 1. The normalized spacial score (nSPS) is 17.0. The van der Waals surface area contributed by atoms with E-state index in [1.807, 2.05) is 36.4 Å². The molecule has 3 N–H and O–H groups in total. The maximum atomic E-state index is 12.3. The van der Waals surface area contributed by atoms with Gasteiger partial charge in [0.05, 0.1) is 10.3 Å². The van der Waals surface area contributed by atoms with Crippen molar-refractivity contribution in [2.75, 3.05) is 18.0 Å². The number of carboxylic acids is 1. The fourth-order valence-electron chi connectivity index (χ4n) is 8.43. The van der Waals surface area contributed by atoms with Gasteiger partial charge in [0.25, 0.3) is 20.2 Å². The Hall–Kier alpha value is -5.06. The van der Waals surface area contributed by atoms with Gasteiger partial charge in [0, 0.05) is 65.7 Å². The Morgan fingerprint density at radius 3 is 2.30 bits per heavy atom. The summed E-state index contributed by atoms with van der Waals surface area (Å²) in [5.41, 5.74) is 5.07. The van der Waals surface area contributed by atoms with Crippen LogP contribution >= 0.6 is 0 Å². The highest BCUT2D eigenvalue weighted by Gasteiger charge is 2.46. The van der Waals surface area contributed by atoms with Crippen LogP contribution in [0, 0.1) is 12.3 Å². The van der Waals surface area contributed by atoms with Crippen LogP contribution in [-0.2, 0) is 35.9 Å². The molecule has 4 aromatic carbocycles. The average molecular weight is 810 g/mol. The Kier molecular flexibility index (Phi) is 11.7. The van der Waals surface area contributed by atoms with E-state index in [1.54, 1.807) is 18.2 Å². The molecule has 0 saturated carbocycles. The zero-order chi connectivity index (χ0) is 41.3. The fraction of sp³-hybridized carbons (Fsp3) is 0.333. The number of allylic oxidation sites excluding steroid dienone is 6. The van der Waals surface area contributed by atoms with Crippen molar-refractivity contribution >= 4 is 64.8 Å². The van der Waals surface area contributed by atoms with E-state index in [-0.39, 0.29) is 16.2 Å². The van der Waals surface area contributed by atoms with Crippen LogP contribution in [0.3, 0.4) is 0 Å². The lowest BCUT2D eigenvalue weighted by atomic mass is 9.79. The second-order valence-corrected chi connectivity index (χ2v) is 18.6. The molecule has 57 heavy (non-hydrogen) atoms. The van der Waals surface area contributed by atoms with Crippen molar-refractivity contribution in [1.82, 2.24) is 0 Å². The van der Waals surface area contributed by atoms with Crippen LogP contribution in [0.15, 0.2) is 107 Å². The van der Waals surface area contributed by atoms with Crippen LogP contribution in [0.5, 0.6) is 0 Å². The van der Waals surface area contributed by atoms with E-state index in [1.165, 1.54) is 18.2 Å². The number of rotatable bonds is 15. The Bertz CT molecular complexity index is 2660. The Labute approximate surface area is 335 Å².